The molecule has 2 aromatic carbocycles. The van der Waals surface area contributed by atoms with Gasteiger partial charge in [-0.1, -0.05) is 26.0 Å². The fraction of sp³-hybridized carbons (Fsp3) is 0.300. The number of nitrogens with one attached hydrogen (secondary N) is 1. The molecule has 1 saturated carbocycles. The highest BCUT2D eigenvalue weighted by molar-refractivity contribution is 5.94. The number of methoxy groups -OCH3 is 1. The minimum Gasteiger partial charge on any atom is -0.497 e. The van der Waals surface area contributed by atoms with E-state index in [1.165, 1.54) is 12.1 Å². The molecule has 0 saturated heterocycles. The lowest BCUT2D eigenvalue weighted by atomic mass is 10.2. The SMILES string of the molecule is CC.COc1ccc(NC(=O)C2CC2)cc1.N#Cc1ccccc1F. The zero-order chi connectivity index (χ0) is 18.7. The van der Waals surface area contributed by atoms with Gasteiger partial charge in [-0.05, 0) is 49.2 Å². The fourth-order valence-electron chi connectivity index (χ4n) is 1.82. The summed E-state index contributed by atoms with van der Waals surface area (Å²) in [6.45, 7) is 4.00. The van der Waals surface area contributed by atoms with Gasteiger partial charge in [-0.15, -0.1) is 0 Å². The number of anilines is 1. The fourth-order valence-corrected chi connectivity index (χ4v) is 1.82. The third-order valence-electron chi connectivity index (χ3n) is 3.30. The van der Waals surface area contributed by atoms with E-state index in [0.29, 0.717) is 0 Å². The van der Waals surface area contributed by atoms with Crippen LogP contribution in [0, 0.1) is 23.1 Å². The summed E-state index contributed by atoms with van der Waals surface area (Å²) in [5.74, 6) is 0.724. The van der Waals surface area contributed by atoms with Gasteiger partial charge in [0.1, 0.15) is 17.6 Å². The molecular weight excluding hydrogens is 319 g/mol. The van der Waals surface area contributed by atoms with Crippen molar-refractivity contribution in [2.45, 2.75) is 26.7 Å². The van der Waals surface area contributed by atoms with E-state index >= 15 is 0 Å². The number of benzene rings is 2. The largest absolute Gasteiger partial charge is 0.497 e. The summed E-state index contributed by atoms with van der Waals surface area (Å²) in [5.41, 5.74) is 0.931. The molecule has 0 atom stereocenters. The number of rotatable bonds is 3. The van der Waals surface area contributed by atoms with Gasteiger partial charge in [0.25, 0.3) is 0 Å². The van der Waals surface area contributed by atoms with Crippen LogP contribution in [0.3, 0.4) is 0 Å². The maximum atomic E-state index is 12.4. The molecule has 1 aliphatic rings. The van der Waals surface area contributed by atoms with Crippen molar-refractivity contribution in [2.75, 3.05) is 12.4 Å². The van der Waals surface area contributed by atoms with Crippen molar-refractivity contribution in [1.29, 1.82) is 5.26 Å². The molecule has 0 bridgehead atoms. The molecule has 0 radical (unpaired) electrons. The number of hydrogen-bond acceptors (Lipinski definition) is 3. The highest BCUT2D eigenvalue weighted by atomic mass is 19.1. The molecule has 1 amide bonds. The van der Waals surface area contributed by atoms with Crippen molar-refractivity contribution in [3.8, 4) is 11.8 Å². The van der Waals surface area contributed by atoms with E-state index in [0.717, 1.165) is 24.3 Å². The van der Waals surface area contributed by atoms with Crippen LogP contribution in [0.1, 0.15) is 32.3 Å². The first-order valence-electron chi connectivity index (χ1n) is 8.23. The highest BCUT2D eigenvalue weighted by Crippen LogP contribution is 2.30. The van der Waals surface area contributed by atoms with Crippen molar-refractivity contribution in [3.63, 3.8) is 0 Å². The van der Waals surface area contributed by atoms with Gasteiger partial charge in [-0.25, -0.2) is 4.39 Å². The van der Waals surface area contributed by atoms with E-state index < -0.39 is 5.82 Å². The molecule has 1 fully saturated rings. The minimum absolute atomic E-state index is 0.0949. The first kappa shape index (κ1) is 20.2. The summed E-state index contributed by atoms with van der Waals surface area (Å²) in [5, 5.41) is 11.1. The topological polar surface area (TPSA) is 62.1 Å². The Morgan fingerprint density at radius 3 is 2.20 bits per heavy atom. The Morgan fingerprint density at radius 1 is 1.16 bits per heavy atom. The number of halogens is 1. The summed E-state index contributed by atoms with van der Waals surface area (Å²) in [4.78, 5) is 11.4. The van der Waals surface area contributed by atoms with Gasteiger partial charge in [0.2, 0.25) is 5.91 Å². The Balaban J connectivity index is 0.000000246. The monoisotopic (exact) mass is 342 g/mol. The number of ether oxygens (including phenoxy) is 1. The summed E-state index contributed by atoms with van der Waals surface area (Å²) in [7, 11) is 1.62. The van der Waals surface area contributed by atoms with Gasteiger partial charge in [-0.3, -0.25) is 4.79 Å². The van der Waals surface area contributed by atoms with Crippen LogP contribution in [0.5, 0.6) is 5.75 Å². The molecule has 3 rings (SSSR count). The lowest BCUT2D eigenvalue weighted by molar-refractivity contribution is -0.117. The molecule has 0 spiro atoms. The van der Waals surface area contributed by atoms with Gasteiger partial charge in [0, 0.05) is 11.6 Å². The number of nitriles is 1. The molecule has 0 aliphatic heterocycles. The van der Waals surface area contributed by atoms with Gasteiger partial charge in [-0.2, -0.15) is 5.26 Å². The number of nitrogens with zero attached hydrogens (tertiary/aromatic N) is 1. The van der Waals surface area contributed by atoms with Crippen molar-refractivity contribution in [1.82, 2.24) is 0 Å². The summed E-state index contributed by atoms with van der Waals surface area (Å²) < 4.78 is 17.4. The molecule has 4 nitrogen and oxygen atoms in total. The number of carbonyl (C=O) groups is 1. The van der Waals surface area contributed by atoms with E-state index in [1.807, 2.05) is 38.1 Å². The van der Waals surface area contributed by atoms with Crippen LogP contribution in [0.4, 0.5) is 10.1 Å². The van der Waals surface area contributed by atoms with E-state index in [-0.39, 0.29) is 17.4 Å². The smallest absolute Gasteiger partial charge is 0.227 e. The van der Waals surface area contributed by atoms with Crippen LogP contribution in [-0.4, -0.2) is 13.0 Å². The predicted molar refractivity (Wildman–Crippen MR) is 96.8 cm³/mol. The van der Waals surface area contributed by atoms with E-state index in [9.17, 15) is 9.18 Å². The Hall–Kier alpha value is -2.87. The second kappa shape index (κ2) is 10.8. The highest BCUT2D eigenvalue weighted by Gasteiger charge is 2.29. The second-order valence-corrected chi connectivity index (χ2v) is 5.08. The molecule has 1 N–H and O–H groups in total. The first-order chi connectivity index (χ1) is 12.1. The van der Waals surface area contributed by atoms with Crippen molar-refractivity contribution >= 4 is 11.6 Å². The molecule has 0 heterocycles. The molecule has 2 aromatic rings. The Kier molecular flexibility index (Phi) is 8.73. The summed E-state index contributed by atoms with van der Waals surface area (Å²) in [6.07, 6.45) is 2.06. The van der Waals surface area contributed by atoms with Crippen molar-refractivity contribution in [3.05, 3.63) is 59.9 Å². The maximum Gasteiger partial charge on any atom is 0.227 e. The third kappa shape index (κ3) is 7.05. The molecule has 5 heteroatoms. The molecule has 25 heavy (non-hydrogen) atoms. The van der Waals surface area contributed by atoms with Gasteiger partial charge >= 0.3 is 0 Å². The Labute approximate surface area is 148 Å². The molecule has 0 aromatic heterocycles. The minimum atomic E-state index is -0.458. The first-order valence-corrected chi connectivity index (χ1v) is 8.23. The van der Waals surface area contributed by atoms with Crippen molar-refractivity contribution in [2.24, 2.45) is 5.92 Å². The third-order valence-corrected chi connectivity index (χ3v) is 3.30. The van der Waals surface area contributed by atoms with Crippen molar-refractivity contribution < 1.29 is 13.9 Å². The summed E-state index contributed by atoms with van der Waals surface area (Å²) in [6, 6.07) is 15.0. The standard InChI is InChI=1S/C11H13NO2.C7H4FN.C2H6/c1-14-10-6-4-9(5-7-10)12-11(13)8-2-3-8;8-7-4-2-1-3-6(7)5-9;1-2/h4-8H,2-3H2,1H3,(H,12,13);1-4H;1-2H3. The quantitative estimate of drug-likeness (QED) is 0.874. The van der Waals surface area contributed by atoms with Gasteiger partial charge in [0.05, 0.1) is 12.7 Å². The number of carbonyl (C=O) groups excluding carboxylic acids is 1. The average Bonchev–Trinajstić information content (AvgIpc) is 3.50. The molecular formula is C20H23FN2O2. The average molecular weight is 342 g/mol. The van der Waals surface area contributed by atoms with Crippen LogP contribution in [0.25, 0.3) is 0 Å². The lowest BCUT2D eigenvalue weighted by Gasteiger charge is -2.04. The maximum absolute atomic E-state index is 12.4. The summed E-state index contributed by atoms with van der Waals surface area (Å²) >= 11 is 0. The number of hydrogen-bond donors (Lipinski definition) is 1. The zero-order valence-corrected chi connectivity index (χ0v) is 14.8. The lowest BCUT2D eigenvalue weighted by Crippen LogP contribution is -2.12. The van der Waals surface area contributed by atoms with Crippen LogP contribution in [0.2, 0.25) is 0 Å². The molecule has 132 valence electrons. The zero-order valence-electron chi connectivity index (χ0n) is 14.8. The van der Waals surface area contributed by atoms with Crippen LogP contribution in [-0.2, 0) is 4.79 Å². The Bertz CT molecular complexity index is 704. The second-order valence-electron chi connectivity index (χ2n) is 5.08. The Morgan fingerprint density at radius 2 is 1.76 bits per heavy atom. The van der Waals surface area contributed by atoms with E-state index in [1.54, 1.807) is 25.3 Å². The van der Waals surface area contributed by atoms with E-state index in [2.05, 4.69) is 5.32 Å². The number of amides is 1. The van der Waals surface area contributed by atoms with Crippen LogP contribution < -0.4 is 10.1 Å². The van der Waals surface area contributed by atoms with Gasteiger partial charge < -0.3 is 10.1 Å². The predicted octanol–water partition coefficient (Wildman–Crippen LogP) is 4.77. The van der Waals surface area contributed by atoms with Gasteiger partial charge in [0.15, 0.2) is 0 Å². The molecule has 0 unspecified atom stereocenters. The molecule has 1 aliphatic carbocycles. The van der Waals surface area contributed by atoms with Crippen LogP contribution in [0.15, 0.2) is 48.5 Å². The van der Waals surface area contributed by atoms with Crippen LogP contribution >= 0.6 is 0 Å². The normalized spacial score (nSPS) is 11.6. The van der Waals surface area contributed by atoms with E-state index in [4.69, 9.17) is 10.00 Å².